The third-order valence-corrected chi connectivity index (χ3v) is 4.26. The Morgan fingerprint density at radius 2 is 1.77 bits per heavy atom. The van der Waals surface area contributed by atoms with Gasteiger partial charge in [-0.2, -0.15) is 0 Å². The summed E-state index contributed by atoms with van der Waals surface area (Å²) in [4.78, 5) is 24.7. The highest BCUT2D eigenvalue weighted by Crippen LogP contribution is 2.22. The van der Waals surface area contributed by atoms with E-state index in [-0.39, 0.29) is 22.7 Å². The van der Waals surface area contributed by atoms with E-state index >= 15 is 0 Å². The Labute approximate surface area is 152 Å². The standard InChI is InChI=1S/C18H14F2N2O3S/c19-11-5-6-15(13(20)9-11)22-17(23)12-3-1-2-4-14(12)21-18(24)16-10-26-8-7-25-16/h1-6,9-10H,7-8H2,(H,21,24)(H,22,23). The molecular weight excluding hydrogens is 362 g/mol. The van der Waals surface area contributed by atoms with Gasteiger partial charge in [0, 0.05) is 17.2 Å². The average Bonchev–Trinajstić information content (AvgIpc) is 2.65. The minimum absolute atomic E-state index is 0.133. The van der Waals surface area contributed by atoms with Crippen LogP contribution in [0.15, 0.2) is 53.6 Å². The van der Waals surface area contributed by atoms with E-state index in [4.69, 9.17) is 4.74 Å². The Bertz CT molecular complexity index is 886. The molecular formula is C18H14F2N2O3S. The maximum Gasteiger partial charge on any atom is 0.291 e. The molecule has 1 aliphatic rings. The number of benzene rings is 2. The van der Waals surface area contributed by atoms with E-state index in [0.717, 1.165) is 17.9 Å². The van der Waals surface area contributed by atoms with Crippen molar-refractivity contribution < 1.29 is 23.1 Å². The van der Waals surface area contributed by atoms with Gasteiger partial charge in [0.25, 0.3) is 11.8 Å². The van der Waals surface area contributed by atoms with Crippen molar-refractivity contribution in [2.24, 2.45) is 0 Å². The van der Waals surface area contributed by atoms with Gasteiger partial charge >= 0.3 is 0 Å². The number of ether oxygens (including phenoxy) is 1. The van der Waals surface area contributed by atoms with E-state index in [0.29, 0.717) is 12.7 Å². The summed E-state index contributed by atoms with van der Waals surface area (Å²) in [7, 11) is 0. The molecule has 0 bridgehead atoms. The van der Waals surface area contributed by atoms with Crippen LogP contribution in [-0.2, 0) is 9.53 Å². The summed E-state index contributed by atoms with van der Waals surface area (Å²) >= 11 is 1.46. The Balaban J connectivity index is 1.78. The number of anilines is 2. The van der Waals surface area contributed by atoms with E-state index in [9.17, 15) is 18.4 Å². The molecule has 5 nitrogen and oxygen atoms in total. The van der Waals surface area contributed by atoms with Gasteiger partial charge in [-0.25, -0.2) is 8.78 Å². The summed E-state index contributed by atoms with van der Waals surface area (Å²) < 4.78 is 32.0. The first-order chi connectivity index (χ1) is 12.5. The lowest BCUT2D eigenvalue weighted by Crippen LogP contribution is -2.22. The van der Waals surface area contributed by atoms with Gasteiger partial charge in [0.2, 0.25) is 0 Å². The number of halogens is 2. The molecule has 0 aliphatic carbocycles. The molecule has 2 aromatic rings. The molecule has 0 atom stereocenters. The first-order valence-electron chi connectivity index (χ1n) is 7.66. The topological polar surface area (TPSA) is 67.4 Å². The molecule has 1 heterocycles. The lowest BCUT2D eigenvalue weighted by atomic mass is 10.1. The monoisotopic (exact) mass is 376 g/mol. The predicted octanol–water partition coefficient (Wildman–Crippen LogP) is 3.76. The van der Waals surface area contributed by atoms with Crippen molar-refractivity contribution in [1.29, 1.82) is 0 Å². The van der Waals surface area contributed by atoms with E-state index < -0.39 is 23.4 Å². The van der Waals surface area contributed by atoms with Crippen molar-refractivity contribution in [2.45, 2.75) is 0 Å². The minimum Gasteiger partial charge on any atom is -0.487 e. The summed E-state index contributed by atoms with van der Waals surface area (Å²) in [5.41, 5.74) is 0.221. The summed E-state index contributed by atoms with van der Waals surface area (Å²) in [6.45, 7) is 0.426. The lowest BCUT2D eigenvalue weighted by Gasteiger charge is -2.16. The zero-order chi connectivity index (χ0) is 18.5. The van der Waals surface area contributed by atoms with E-state index in [1.165, 1.54) is 17.8 Å². The second-order valence-electron chi connectivity index (χ2n) is 5.28. The van der Waals surface area contributed by atoms with Crippen molar-refractivity contribution in [2.75, 3.05) is 23.0 Å². The van der Waals surface area contributed by atoms with Gasteiger partial charge in [0.05, 0.1) is 23.5 Å². The molecule has 2 amide bonds. The molecule has 0 unspecified atom stereocenters. The summed E-state index contributed by atoms with van der Waals surface area (Å²) in [5.74, 6) is -1.82. The molecule has 0 spiro atoms. The smallest absolute Gasteiger partial charge is 0.291 e. The molecule has 0 fully saturated rings. The van der Waals surface area contributed by atoms with Gasteiger partial charge in [0.1, 0.15) is 11.6 Å². The highest BCUT2D eigenvalue weighted by molar-refractivity contribution is 8.02. The Hall–Kier alpha value is -2.87. The number of hydrogen-bond donors (Lipinski definition) is 2. The highest BCUT2D eigenvalue weighted by Gasteiger charge is 2.18. The number of thioether (sulfide) groups is 1. The lowest BCUT2D eigenvalue weighted by molar-refractivity contribution is -0.116. The molecule has 26 heavy (non-hydrogen) atoms. The largest absolute Gasteiger partial charge is 0.487 e. The van der Waals surface area contributed by atoms with Gasteiger partial charge < -0.3 is 15.4 Å². The fourth-order valence-electron chi connectivity index (χ4n) is 2.24. The van der Waals surface area contributed by atoms with Crippen LogP contribution in [0.25, 0.3) is 0 Å². The van der Waals surface area contributed by atoms with Crippen LogP contribution >= 0.6 is 11.8 Å². The third-order valence-electron chi connectivity index (χ3n) is 3.47. The number of rotatable bonds is 4. The van der Waals surface area contributed by atoms with Gasteiger partial charge in [-0.15, -0.1) is 11.8 Å². The molecule has 1 aliphatic heterocycles. The van der Waals surface area contributed by atoms with Gasteiger partial charge in [-0.3, -0.25) is 9.59 Å². The second-order valence-corrected chi connectivity index (χ2v) is 6.26. The number of para-hydroxylation sites is 1. The number of amides is 2. The average molecular weight is 376 g/mol. The van der Waals surface area contributed by atoms with Gasteiger partial charge in [-0.1, -0.05) is 12.1 Å². The van der Waals surface area contributed by atoms with Crippen LogP contribution in [-0.4, -0.2) is 24.2 Å². The first-order valence-corrected chi connectivity index (χ1v) is 8.71. The van der Waals surface area contributed by atoms with Crippen molar-refractivity contribution in [3.63, 3.8) is 0 Å². The molecule has 134 valence electrons. The molecule has 3 rings (SSSR count). The van der Waals surface area contributed by atoms with E-state index in [1.54, 1.807) is 23.6 Å². The molecule has 2 aromatic carbocycles. The molecule has 8 heteroatoms. The maximum atomic E-state index is 13.7. The highest BCUT2D eigenvalue weighted by atomic mass is 32.2. The van der Waals surface area contributed by atoms with Crippen LogP contribution in [0, 0.1) is 11.6 Å². The number of carbonyl (C=O) groups is 2. The normalized spacial score (nSPS) is 13.4. The third kappa shape index (κ3) is 4.20. The van der Waals surface area contributed by atoms with E-state index in [2.05, 4.69) is 10.6 Å². The zero-order valence-electron chi connectivity index (χ0n) is 13.4. The van der Waals surface area contributed by atoms with E-state index in [1.807, 2.05) is 0 Å². The van der Waals surface area contributed by atoms with Crippen LogP contribution in [0.4, 0.5) is 20.2 Å². The Kier molecular flexibility index (Phi) is 5.52. The van der Waals surface area contributed by atoms with Crippen molar-refractivity contribution in [3.05, 3.63) is 70.8 Å². The summed E-state index contributed by atoms with van der Waals surface area (Å²) in [5, 5.41) is 6.58. The predicted molar refractivity (Wildman–Crippen MR) is 95.9 cm³/mol. The van der Waals surface area contributed by atoms with Crippen LogP contribution < -0.4 is 10.6 Å². The fourth-order valence-corrected chi connectivity index (χ4v) is 2.87. The van der Waals surface area contributed by atoms with Crippen LogP contribution in [0.1, 0.15) is 10.4 Å². The first kappa shape index (κ1) is 17.9. The second kappa shape index (κ2) is 8.01. The Morgan fingerprint density at radius 3 is 2.50 bits per heavy atom. The van der Waals surface area contributed by atoms with Crippen molar-refractivity contribution >= 4 is 35.0 Å². The quantitative estimate of drug-likeness (QED) is 0.853. The zero-order valence-corrected chi connectivity index (χ0v) is 14.2. The van der Waals surface area contributed by atoms with Crippen LogP contribution in [0.5, 0.6) is 0 Å². The van der Waals surface area contributed by atoms with Gasteiger partial charge in [0.15, 0.2) is 5.76 Å². The van der Waals surface area contributed by atoms with Crippen LogP contribution in [0.3, 0.4) is 0 Å². The minimum atomic E-state index is -0.891. The molecule has 0 radical (unpaired) electrons. The molecule has 0 saturated heterocycles. The number of carbonyl (C=O) groups excluding carboxylic acids is 2. The molecule has 0 saturated carbocycles. The molecule has 2 N–H and O–H groups in total. The number of hydrogen-bond acceptors (Lipinski definition) is 4. The van der Waals surface area contributed by atoms with Crippen LogP contribution in [0.2, 0.25) is 0 Å². The maximum absolute atomic E-state index is 13.7. The number of nitrogens with one attached hydrogen (secondary N) is 2. The van der Waals surface area contributed by atoms with Crippen molar-refractivity contribution in [3.8, 4) is 0 Å². The fraction of sp³-hybridized carbons (Fsp3) is 0.111. The van der Waals surface area contributed by atoms with Crippen molar-refractivity contribution in [1.82, 2.24) is 0 Å². The SMILES string of the molecule is O=C(Nc1ccccc1C(=O)Nc1ccc(F)cc1F)C1=CSCCO1. The summed E-state index contributed by atoms with van der Waals surface area (Å²) in [6.07, 6.45) is 0. The van der Waals surface area contributed by atoms with Gasteiger partial charge in [-0.05, 0) is 24.3 Å². The Morgan fingerprint density at radius 1 is 1.00 bits per heavy atom. The summed E-state index contributed by atoms with van der Waals surface area (Å²) in [6, 6.07) is 9.13. The molecule has 0 aromatic heterocycles.